The molecule has 1 atom stereocenters. The molecule has 0 radical (unpaired) electrons. The van der Waals surface area contributed by atoms with Gasteiger partial charge in [0.15, 0.2) is 0 Å². The van der Waals surface area contributed by atoms with Gasteiger partial charge in [0.05, 0.1) is 17.5 Å². The van der Waals surface area contributed by atoms with Crippen LogP contribution in [0.2, 0.25) is 0 Å². The number of carbonyl (C=O) groups is 2. The van der Waals surface area contributed by atoms with Gasteiger partial charge < -0.3 is 25.0 Å². The summed E-state index contributed by atoms with van der Waals surface area (Å²) in [5.41, 5.74) is 0.686. The molecule has 1 aliphatic rings. The van der Waals surface area contributed by atoms with Crippen LogP contribution in [0.15, 0.2) is 54.6 Å². The molecule has 9 nitrogen and oxygen atoms in total. The number of benzene rings is 2. The molecule has 2 aromatic carbocycles. The van der Waals surface area contributed by atoms with E-state index in [0.29, 0.717) is 30.8 Å². The van der Waals surface area contributed by atoms with Crippen LogP contribution in [0.3, 0.4) is 0 Å². The number of ether oxygens (including phenoxy) is 2. The molecule has 1 fully saturated rings. The van der Waals surface area contributed by atoms with Crippen molar-refractivity contribution in [3.05, 3.63) is 66.3 Å². The lowest BCUT2D eigenvalue weighted by Crippen LogP contribution is -2.41. The molecule has 0 amide bonds. The number of morpholine rings is 1. The maximum atomic E-state index is 14.4. The van der Waals surface area contributed by atoms with Gasteiger partial charge in [0.25, 0.3) is 0 Å². The molecule has 174 valence electrons. The topological polar surface area (TPSA) is 123 Å². The van der Waals surface area contributed by atoms with Crippen molar-refractivity contribution in [2.24, 2.45) is 0 Å². The third-order valence-electron chi connectivity index (χ3n) is 4.48. The maximum Gasteiger partial charge on any atom is 0.328 e. The number of aromatic nitrogens is 2. The second-order valence-electron chi connectivity index (χ2n) is 6.82. The van der Waals surface area contributed by atoms with Crippen molar-refractivity contribution in [1.82, 2.24) is 15.1 Å². The van der Waals surface area contributed by atoms with E-state index in [1.54, 1.807) is 30.3 Å². The number of carboxylic acid groups (broad SMARTS) is 2. The molecule has 4 rings (SSSR count). The molecule has 2 heterocycles. The van der Waals surface area contributed by atoms with Crippen LogP contribution in [0.1, 0.15) is 0 Å². The first-order valence-electron chi connectivity index (χ1n) is 9.88. The Hall–Kier alpha value is -3.83. The highest BCUT2D eigenvalue weighted by Gasteiger charge is 2.20. The Morgan fingerprint density at radius 2 is 1.82 bits per heavy atom. The number of hydrogen-bond donors (Lipinski definition) is 3. The fourth-order valence-corrected chi connectivity index (χ4v) is 3.05. The molecule has 0 spiro atoms. The highest BCUT2D eigenvalue weighted by Crippen LogP contribution is 2.30. The molecule has 11 heteroatoms. The molecule has 0 saturated carbocycles. The molecular formula is C22H21F2N3O6. The smallest absolute Gasteiger partial charge is 0.328 e. The number of para-hydroxylation sites is 1. The molecule has 3 aromatic rings. The Bertz CT molecular complexity index is 1140. The zero-order valence-electron chi connectivity index (χ0n) is 17.3. The van der Waals surface area contributed by atoms with Crippen molar-refractivity contribution < 1.29 is 38.1 Å². The van der Waals surface area contributed by atoms with Gasteiger partial charge in [-0.1, -0.05) is 18.2 Å². The van der Waals surface area contributed by atoms with Crippen LogP contribution in [0, 0.1) is 11.6 Å². The van der Waals surface area contributed by atoms with Crippen LogP contribution in [0.4, 0.5) is 8.78 Å². The molecule has 3 N–H and O–H groups in total. The number of nitrogens with zero attached hydrogens (tertiary/aromatic N) is 2. The predicted octanol–water partition coefficient (Wildman–Crippen LogP) is 2.38. The Kier molecular flexibility index (Phi) is 8.06. The first-order valence-corrected chi connectivity index (χ1v) is 9.88. The summed E-state index contributed by atoms with van der Waals surface area (Å²) in [4.78, 5) is 19.1. The lowest BCUT2D eigenvalue weighted by molar-refractivity contribution is -0.134. The summed E-state index contributed by atoms with van der Waals surface area (Å²) in [5.74, 6) is -3.29. The van der Waals surface area contributed by atoms with Gasteiger partial charge in [-0.15, -0.1) is 5.10 Å². The molecule has 1 aromatic heterocycles. The molecular weight excluding hydrogens is 440 g/mol. The number of fused-ring (bicyclic) bond motifs is 1. The van der Waals surface area contributed by atoms with Gasteiger partial charge in [0.1, 0.15) is 30.0 Å². The molecule has 0 bridgehead atoms. The van der Waals surface area contributed by atoms with Gasteiger partial charge in [0.2, 0.25) is 5.88 Å². The van der Waals surface area contributed by atoms with E-state index in [4.69, 9.17) is 19.7 Å². The lowest BCUT2D eigenvalue weighted by atomic mass is 10.2. The Balaban J connectivity index is 0.000000331. The maximum absolute atomic E-state index is 14.4. The largest absolute Gasteiger partial charge is 0.478 e. The number of aliphatic carboxylic acids is 2. The van der Waals surface area contributed by atoms with Gasteiger partial charge in [-0.25, -0.2) is 23.1 Å². The fourth-order valence-electron chi connectivity index (χ4n) is 3.05. The summed E-state index contributed by atoms with van der Waals surface area (Å²) >= 11 is 0. The molecule has 1 saturated heterocycles. The predicted molar refractivity (Wildman–Crippen MR) is 114 cm³/mol. The van der Waals surface area contributed by atoms with Crippen molar-refractivity contribution in [2.75, 3.05) is 26.3 Å². The van der Waals surface area contributed by atoms with E-state index in [2.05, 4.69) is 10.4 Å². The monoisotopic (exact) mass is 461 g/mol. The van der Waals surface area contributed by atoms with E-state index in [1.165, 1.54) is 16.8 Å². The average molecular weight is 461 g/mol. The standard InChI is InChI=1S/C18H17F2N3O2.C4H4O4/c19-13-4-1-2-6-15(13)23-16-7-3-5-14(20)17(16)18(22-23)25-11-12-10-21-8-9-24-12;5-3(6)1-2-4(7)8/h1-7,12,21H,8-11H2;1-2H,(H,5,6)(H,7,8). The molecule has 1 aliphatic heterocycles. The molecule has 1 unspecified atom stereocenters. The number of rotatable bonds is 6. The summed E-state index contributed by atoms with van der Waals surface area (Å²) in [6.07, 6.45) is 0.985. The normalized spacial score (nSPS) is 15.8. The van der Waals surface area contributed by atoms with E-state index in [0.717, 1.165) is 6.54 Å². The summed E-state index contributed by atoms with van der Waals surface area (Å²) in [6, 6.07) is 10.8. The third-order valence-corrected chi connectivity index (χ3v) is 4.48. The van der Waals surface area contributed by atoms with Gasteiger partial charge in [-0.3, -0.25) is 0 Å². The van der Waals surface area contributed by atoms with Crippen molar-refractivity contribution in [1.29, 1.82) is 0 Å². The van der Waals surface area contributed by atoms with E-state index in [-0.39, 0.29) is 29.7 Å². The van der Waals surface area contributed by atoms with Crippen molar-refractivity contribution in [2.45, 2.75) is 6.10 Å². The minimum Gasteiger partial charge on any atom is -0.478 e. The first-order chi connectivity index (χ1) is 15.9. The van der Waals surface area contributed by atoms with Crippen molar-refractivity contribution in [3.8, 4) is 11.6 Å². The van der Waals surface area contributed by atoms with E-state index in [1.807, 2.05) is 0 Å². The number of halogens is 2. The summed E-state index contributed by atoms with van der Waals surface area (Å²) in [5, 5.41) is 23.4. The van der Waals surface area contributed by atoms with E-state index in [9.17, 15) is 18.4 Å². The summed E-state index contributed by atoms with van der Waals surface area (Å²) in [7, 11) is 0. The Labute approximate surface area is 186 Å². The number of carboxylic acids is 2. The van der Waals surface area contributed by atoms with Crippen LogP contribution in [0.5, 0.6) is 5.88 Å². The zero-order valence-corrected chi connectivity index (χ0v) is 17.3. The summed E-state index contributed by atoms with van der Waals surface area (Å²) < 4.78 is 41.2. The minimum atomic E-state index is -1.26. The van der Waals surface area contributed by atoms with Crippen LogP contribution in [-0.4, -0.2) is 64.3 Å². The first kappa shape index (κ1) is 23.8. The Morgan fingerprint density at radius 1 is 1.12 bits per heavy atom. The lowest BCUT2D eigenvalue weighted by Gasteiger charge is -2.23. The second kappa shape index (κ2) is 11.2. The van der Waals surface area contributed by atoms with Crippen molar-refractivity contribution in [3.63, 3.8) is 0 Å². The van der Waals surface area contributed by atoms with Crippen LogP contribution in [0.25, 0.3) is 16.6 Å². The average Bonchev–Trinajstić information content (AvgIpc) is 3.17. The van der Waals surface area contributed by atoms with Crippen LogP contribution < -0.4 is 10.1 Å². The highest BCUT2D eigenvalue weighted by atomic mass is 19.1. The van der Waals surface area contributed by atoms with Gasteiger partial charge >= 0.3 is 11.9 Å². The molecule has 33 heavy (non-hydrogen) atoms. The number of nitrogens with one attached hydrogen (secondary N) is 1. The van der Waals surface area contributed by atoms with Crippen molar-refractivity contribution >= 4 is 22.8 Å². The highest BCUT2D eigenvalue weighted by molar-refractivity contribution is 5.89. The van der Waals surface area contributed by atoms with Crippen LogP contribution >= 0.6 is 0 Å². The quantitative estimate of drug-likeness (QED) is 0.479. The minimum absolute atomic E-state index is 0.130. The Morgan fingerprint density at radius 3 is 2.45 bits per heavy atom. The third kappa shape index (κ3) is 6.34. The van der Waals surface area contributed by atoms with E-state index < -0.39 is 23.6 Å². The zero-order chi connectivity index (χ0) is 23.8. The number of hydrogen-bond acceptors (Lipinski definition) is 6. The van der Waals surface area contributed by atoms with E-state index >= 15 is 0 Å². The van der Waals surface area contributed by atoms with Gasteiger partial charge in [-0.05, 0) is 24.3 Å². The van der Waals surface area contributed by atoms with Gasteiger partial charge in [-0.2, -0.15) is 0 Å². The van der Waals surface area contributed by atoms with Gasteiger partial charge in [0, 0.05) is 25.2 Å². The SMILES string of the molecule is Fc1ccccc1-n1nc(OCC2CNCCO2)c2c(F)cccc21.O=C(O)C=CC(=O)O. The molecule has 0 aliphatic carbocycles. The summed E-state index contributed by atoms with van der Waals surface area (Å²) in [6.45, 7) is 2.31. The second-order valence-corrected chi connectivity index (χ2v) is 6.82. The van der Waals surface area contributed by atoms with Crippen LogP contribution in [-0.2, 0) is 14.3 Å². The fraction of sp³-hybridized carbons (Fsp3) is 0.227.